The highest BCUT2D eigenvalue weighted by Gasteiger charge is 2.23. The first-order chi connectivity index (χ1) is 5.91. The first-order valence-corrected chi connectivity index (χ1v) is 4.94. The van der Waals surface area contributed by atoms with Gasteiger partial charge in [-0.1, -0.05) is 20.8 Å². The summed E-state index contributed by atoms with van der Waals surface area (Å²) >= 11 is 0. The predicted octanol–water partition coefficient (Wildman–Crippen LogP) is 1.23. The van der Waals surface area contributed by atoms with Gasteiger partial charge in [0.1, 0.15) is 0 Å². The summed E-state index contributed by atoms with van der Waals surface area (Å²) in [6.45, 7) is 8.03. The SMILES string of the molecule is CCC(C)N(C)C(=O)C(N)C(C)C. The summed E-state index contributed by atoms with van der Waals surface area (Å²) in [5, 5.41) is 0. The molecule has 1 amide bonds. The topological polar surface area (TPSA) is 46.3 Å². The normalized spacial score (nSPS) is 15.6. The van der Waals surface area contributed by atoms with Gasteiger partial charge in [-0.2, -0.15) is 0 Å². The third kappa shape index (κ3) is 3.35. The number of nitrogens with two attached hydrogens (primary N) is 1. The minimum atomic E-state index is -0.362. The van der Waals surface area contributed by atoms with Crippen LogP contribution < -0.4 is 5.73 Å². The Labute approximate surface area is 81.3 Å². The van der Waals surface area contributed by atoms with Crippen LogP contribution in [0.15, 0.2) is 0 Å². The van der Waals surface area contributed by atoms with Gasteiger partial charge in [0.2, 0.25) is 5.91 Å². The van der Waals surface area contributed by atoms with E-state index in [0.717, 1.165) is 6.42 Å². The van der Waals surface area contributed by atoms with Crippen molar-refractivity contribution in [2.75, 3.05) is 7.05 Å². The monoisotopic (exact) mass is 186 g/mol. The number of rotatable bonds is 4. The molecule has 0 aromatic heterocycles. The van der Waals surface area contributed by atoms with Crippen molar-refractivity contribution in [2.45, 2.75) is 46.2 Å². The van der Waals surface area contributed by atoms with Crippen molar-refractivity contribution in [2.24, 2.45) is 11.7 Å². The summed E-state index contributed by atoms with van der Waals surface area (Å²) in [6.07, 6.45) is 0.965. The molecular formula is C10H22N2O. The van der Waals surface area contributed by atoms with E-state index in [0.29, 0.717) is 0 Å². The van der Waals surface area contributed by atoms with Crippen molar-refractivity contribution >= 4 is 5.91 Å². The van der Waals surface area contributed by atoms with Gasteiger partial charge in [-0.05, 0) is 19.3 Å². The molecule has 0 saturated carbocycles. The Bertz CT molecular complexity index is 168. The van der Waals surface area contributed by atoms with E-state index in [-0.39, 0.29) is 23.9 Å². The van der Waals surface area contributed by atoms with Crippen molar-refractivity contribution in [1.82, 2.24) is 4.90 Å². The van der Waals surface area contributed by atoms with Gasteiger partial charge < -0.3 is 10.6 Å². The molecule has 13 heavy (non-hydrogen) atoms. The number of carbonyl (C=O) groups is 1. The molecule has 2 unspecified atom stereocenters. The van der Waals surface area contributed by atoms with Crippen LogP contribution in [0.1, 0.15) is 34.1 Å². The molecule has 0 aromatic rings. The van der Waals surface area contributed by atoms with Crippen LogP contribution in [0.2, 0.25) is 0 Å². The Morgan fingerprint density at radius 2 is 1.85 bits per heavy atom. The number of hydrogen-bond donors (Lipinski definition) is 1. The Morgan fingerprint density at radius 3 is 2.15 bits per heavy atom. The maximum atomic E-state index is 11.7. The van der Waals surface area contributed by atoms with E-state index >= 15 is 0 Å². The van der Waals surface area contributed by atoms with E-state index in [2.05, 4.69) is 6.92 Å². The smallest absolute Gasteiger partial charge is 0.239 e. The molecule has 0 aliphatic heterocycles. The lowest BCUT2D eigenvalue weighted by Crippen LogP contribution is -2.47. The summed E-state index contributed by atoms with van der Waals surface area (Å²) in [7, 11) is 1.82. The van der Waals surface area contributed by atoms with Gasteiger partial charge in [-0.25, -0.2) is 0 Å². The second-order valence-corrected chi connectivity index (χ2v) is 3.98. The second kappa shape index (κ2) is 5.22. The molecule has 0 rings (SSSR count). The fraction of sp³-hybridized carbons (Fsp3) is 0.900. The van der Waals surface area contributed by atoms with Crippen LogP contribution >= 0.6 is 0 Å². The van der Waals surface area contributed by atoms with E-state index in [4.69, 9.17) is 5.73 Å². The average Bonchev–Trinajstić information content (AvgIpc) is 2.12. The molecule has 0 fully saturated rings. The van der Waals surface area contributed by atoms with Crippen LogP contribution in [-0.2, 0) is 4.79 Å². The highest BCUT2D eigenvalue weighted by molar-refractivity contribution is 5.81. The molecule has 0 aliphatic carbocycles. The van der Waals surface area contributed by atoms with Crippen molar-refractivity contribution in [3.63, 3.8) is 0 Å². The quantitative estimate of drug-likeness (QED) is 0.717. The third-order valence-electron chi connectivity index (χ3n) is 2.60. The highest BCUT2D eigenvalue weighted by atomic mass is 16.2. The molecule has 2 atom stereocenters. The number of amides is 1. The largest absolute Gasteiger partial charge is 0.342 e. The molecule has 78 valence electrons. The van der Waals surface area contributed by atoms with Gasteiger partial charge in [-0.3, -0.25) is 4.79 Å². The molecule has 0 aliphatic rings. The van der Waals surface area contributed by atoms with Gasteiger partial charge >= 0.3 is 0 Å². The number of carbonyl (C=O) groups excluding carboxylic acids is 1. The molecule has 0 heterocycles. The Balaban J connectivity index is 4.25. The van der Waals surface area contributed by atoms with Crippen LogP contribution in [0.25, 0.3) is 0 Å². The molecule has 0 saturated heterocycles. The molecule has 0 aromatic carbocycles. The van der Waals surface area contributed by atoms with Gasteiger partial charge in [0.05, 0.1) is 6.04 Å². The predicted molar refractivity (Wildman–Crippen MR) is 55.3 cm³/mol. The van der Waals surface area contributed by atoms with Gasteiger partial charge in [0, 0.05) is 13.1 Å². The Hall–Kier alpha value is -0.570. The van der Waals surface area contributed by atoms with Crippen LogP contribution in [0.5, 0.6) is 0 Å². The van der Waals surface area contributed by atoms with Crippen molar-refractivity contribution in [1.29, 1.82) is 0 Å². The number of hydrogen-bond acceptors (Lipinski definition) is 2. The average molecular weight is 186 g/mol. The minimum absolute atomic E-state index is 0.0457. The molecule has 2 N–H and O–H groups in total. The Kier molecular flexibility index (Phi) is 4.99. The van der Waals surface area contributed by atoms with Crippen LogP contribution in [0.4, 0.5) is 0 Å². The minimum Gasteiger partial charge on any atom is -0.342 e. The Morgan fingerprint density at radius 1 is 1.38 bits per heavy atom. The van der Waals surface area contributed by atoms with E-state index < -0.39 is 0 Å². The number of likely N-dealkylation sites (N-methyl/N-ethyl adjacent to an activating group) is 1. The zero-order chi connectivity index (χ0) is 10.6. The lowest BCUT2D eigenvalue weighted by Gasteiger charge is -2.28. The lowest BCUT2D eigenvalue weighted by molar-refractivity contribution is -0.134. The first-order valence-electron chi connectivity index (χ1n) is 4.94. The van der Waals surface area contributed by atoms with Crippen LogP contribution in [-0.4, -0.2) is 29.9 Å². The first kappa shape index (κ1) is 12.4. The summed E-state index contributed by atoms with van der Waals surface area (Å²) < 4.78 is 0. The highest BCUT2D eigenvalue weighted by Crippen LogP contribution is 2.06. The maximum absolute atomic E-state index is 11.7. The molecule has 3 nitrogen and oxygen atoms in total. The summed E-state index contributed by atoms with van der Waals surface area (Å²) in [5.74, 6) is 0.253. The summed E-state index contributed by atoms with van der Waals surface area (Å²) in [5.41, 5.74) is 5.76. The molecule has 0 radical (unpaired) electrons. The second-order valence-electron chi connectivity index (χ2n) is 3.98. The van der Waals surface area contributed by atoms with Gasteiger partial charge in [0.25, 0.3) is 0 Å². The van der Waals surface area contributed by atoms with E-state index in [9.17, 15) is 4.79 Å². The van der Waals surface area contributed by atoms with Gasteiger partial charge in [-0.15, -0.1) is 0 Å². The fourth-order valence-corrected chi connectivity index (χ4v) is 1.01. The molecule has 0 bridgehead atoms. The van der Waals surface area contributed by atoms with E-state index in [1.165, 1.54) is 0 Å². The lowest BCUT2D eigenvalue weighted by atomic mass is 10.0. The van der Waals surface area contributed by atoms with Crippen molar-refractivity contribution in [3.8, 4) is 0 Å². The van der Waals surface area contributed by atoms with Gasteiger partial charge in [0.15, 0.2) is 0 Å². The van der Waals surface area contributed by atoms with E-state index in [1.54, 1.807) is 4.90 Å². The maximum Gasteiger partial charge on any atom is 0.239 e. The zero-order valence-corrected chi connectivity index (χ0v) is 9.37. The molecule has 0 spiro atoms. The third-order valence-corrected chi connectivity index (χ3v) is 2.60. The summed E-state index contributed by atoms with van der Waals surface area (Å²) in [6, 6.07) is -0.0868. The fourth-order valence-electron chi connectivity index (χ4n) is 1.01. The summed E-state index contributed by atoms with van der Waals surface area (Å²) in [4.78, 5) is 13.4. The van der Waals surface area contributed by atoms with Crippen LogP contribution in [0.3, 0.4) is 0 Å². The van der Waals surface area contributed by atoms with E-state index in [1.807, 2.05) is 27.8 Å². The molecular weight excluding hydrogens is 164 g/mol. The molecule has 3 heteroatoms. The van der Waals surface area contributed by atoms with Crippen molar-refractivity contribution in [3.05, 3.63) is 0 Å². The zero-order valence-electron chi connectivity index (χ0n) is 9.37. The standard InChI is InChI=1S/C10H22N2O/c1-6-8(4)12(5)10(13)9(11)7(2)3/h7-9H,6,11H2,1-5H3. The number of nitrogens with zero attached hydrogens (tertiary/aromatic N) is 1. The van der Waals surface area contributed by atoms with Crippen molar-refractivity contribution < 1.29 is 4.79 Å². The van der Waals surface area contributed by atoms with Crippen LogP contribution in [0, 0.1) is 5.92 Å².